The number of carboxylic acids is 2. The minimum Gasteiger partial charge on any atom is -0.481 e. The largest absolute Gasteiger partial charge is 0.481 e. The van der Waals surface area contributed by atoms with Gasteiger partial charge in [0.1, 0.15) is 0 Å². The third-order valence-corrected chi connectivity index (χ3v) is 10.4. The first kappa shape index (κ1) is 34.4. The average Bonchev–Trinajstić information content (AvgIpc) is 3.12. The Morgan fingerprint density at radius 1 is 0.920 bits per heavy atom. The molecule has 3 aromatic carbocycles. The van der Waals surface area contributed by atoms with Gasteiger partial charge in [0.25, 0.3) is 0 Å². The van der Waals surface area contributed by atoms with Gasteiger partial charge < -0.3 is 20.4 Å². The second kappa shape index (κ2) is 14.6. The van der Waals surface area contributed by atoms with Crippen LogP contribution in [0.5, 0.6) is 0 Å². The Morgan fingerprint density at radius 2 is 1.52 bits per heavy atom. The summed E-state index contributed by atoms with van der Waals surface area (Å²) in [6.07, 6.45) is 1.86. The molecule has 0 radical (unpaired) electrons. The number of nitrogens with one attached hydrogen (secondary N) is 1. The SMILES string of the molecule is CC1=C(C(=O)O)C(c2cc(C#N)ccn2)C(C(=O)O)C(C)(CC(C)c2ccc(N3CCN(C(c4ccccc4)c4ccccc4)CC3)cc2)N1. The van der Waals surface area contributed by atoms with Crippen LogP contribution in [0.4, 0.5) is 5.69 Å². The van der Waals surface area contributed by atoms with Gasteiger partial charge >= 0.3 is 11.9 Å². The number of carboxylic acid groups (broad SMARTS) is 2. The van der Waals surface area contributed by atoms with Crippen molar-refractivity contribution in [3.8, 4) is 6.07 Å². The Labute approximate surface area is 293 Å². The van der Waals surface area contributed by atoms with E-state index in [-0.39, 0.29) is 23.2 Å². The molecule has 3 heterocycles. The number of aliphatic carboxylic acids is 2. The summed E-state index contributed by atoms with van der Waals surface area (Å²) in [6, 6.07) is 35.1. The lowest BCUT2D eigenvalue weighted by Gasteiger charge is -2.46. The van der Waals surface area contributed by atoms with E-state index >= 15 is 0 Å². The van der Waals surface area contributed by atoms with E-state index in [1.54, 1.807) is 6.92 Å². The molecule has 1 saturated heterocycles. The lowest BCUT2D eigenvalue weighted by atomic mass is 9.65. The van der Waals surface area contributed by atoms with Crippen molar-refractivity contribution in [1.82, 2.24) is 15.2 Å². The van der Waals surface area contributed by atoms with Crippen LogP contribution in [-0.2, 0) is 9.59 Å². The molecule has 4 unspecified atom stereocenters. The molecule has 2 aliphatic rings. The van der Waals surface area contributed by atoms with Crippen LogP contribution < -0.4 is 10.2 Å². The van der Waals surface area contributed by atoms with Crippen molar-refractivity contribution in [2.24, 2.45) is 5.92 Å². The van der Waals surface area contributed by atoms with E-state index in [0.717, 1.165) is 37.4 Å². The fourth-order valence-electron chi connectivity index (χ4n) is 8.12. The summed E-state index contributed by atoms with van der Waals surface area (Å²) in [4.78, 5) is 34.8. The van der Waals surface area contributed by atoms with E-state index in [1.165, 1.54) is 29.5 Å². The number of carbonyl (C=O) groups is 2. The molecule has 0 saturated carbocycles. The first-order chi connectivity index (χ1) is 24.1. The van der Waals surface area contributed by atoms with Crippen molar-refractivity contribution < 1.29 is 19.8 Å². The van der Waals surface area contributed by atoms with Gasteiger partial charge in [-0.3, -0.25) is 14.7 Å². The maximum atomic E-state index is 13.0. The molecule has 256 valence electrons. The summed E-state index contributed by atoms with van der Waals surface area (Å²) >= 11 is 0. The molecule has 2 aliphatic heterocycles. The van der Waals surface area contributed by atoms with Crippen molar-refractivity contribution in [3.05, 3.63) is 142 Å². The highest BCUT2D eigenvalue weighted by molar-refractivity contribution is 5.92. The zero-order valence-electron chi connectivity index (χ0n) is 28.7. The van der Waals surface area contributed by atoms with Crippen LogP contribution >= 0.6 is 0 Å². The van der Waals surface area contributed by atoms with E-state index in [1.807, 2.05) is 6.92 Å². The number of hydrogen-bond acceptors (Lipinski definition) is 7. The molecule has 0 amide bonds. The maximum absolute atomic E-state index is 13.0. The highest BCUT2D eigenvalue weighted by Gasteiger charge is 2.52. The summed E-state index contributed by atoms with van der Waals surface area (Å²) in [6.45, 7) is 9.22. The van der Waals surface area contributed by atoms with Gasteiger partial charge in [0, 0.05) is 49.3 Å². The van der Waals surface area contributed by atoms with Gasteiger partial charge in [0.2, 0.25) is 0 Å². The van der Waals surface area contributed by atoms with Crippen molar-refractivity contribution in [1.29, 1.82) is 5.26 Å². The molecular formula is C41H43N5O4. The van der Waals surface area contributed by atoms with Gasteiger partial charge in [0.05, 0.1) is 40.8 Å². The molecule has 9 heteroatoms. The fraction of sp³-hybridized carbons (Fsp3) is 0.317. The molecule has 9 nitrogen and oxygen atoms in total. The molecule has 0 spiro atoms. The van der Waals surface area contributed by atoms with Crippen LogP contribution in [0.25, 0.3) is 0 Å². The number of aromatic nitrogens is 1. The van der Waals surface area contributed by atoms with E-state index in [4.69, 9.17) is 0 Å². The van der Waals surface area contributed by atoms with Crippen LogP contribution in [0.15, 0.2) is 115 Å². The summed E-state index contributed by atoms with van der Waals surface area (Å²) in [5.74, 6) is -4.56. The van der Waals surface area contributed by atoms with E-state index in [9.17, 15) is 25.1 Å². The first-order valence-electron chi connectivity index (χ1n) is 17.1. The topological polar surface area (TPSA) is 130 Å². The first-order valence-corrected chi connectivity index (χ1v) is 17.1. The number of pyridine rings is 1. The standard InChI is InChI=1S/C41H43N5O4/c1-27(25-41(3)37(40(49)50)36(35(39(47)48)28(2)44-41)34-24-29(26-42)18-19-43-34)30-14-16-33(17-15-30)45-20-22-46(23-21-45)38(31-10-6-4-7-11-31)32-12-8-5-9-13-32/h4-19,24,27,36-38,44H,20-23,25H2,1-3H3,(H,47,48)(H,49,50). The second-order valence-corrected chi connectivity index (χ2v) is 13.7. The van der Waals surface area contributed by atoms with Crippen LogP contribution in [0.1, 0.15) is 73.0 Å². The van der Waals surface area contributed by atoms with E-state index in [0.29, 0.717) is 17.7 Å². The van der Waals surface area contributed by atoms with Crippen molar-refractivity contribution in [2.45, 2.75) is 50.6 Å². The molecule has 4 aromatic rings. The van der Waals surface area contributed by atoms with Crippen molar-refractivity contribution >= 4 is 17.6 Å². The number of piperazine rings is 1. The fourth-order valence-corrected chi connectivity index (χ4v) is 8.12. The second-order valence-electron chi connectivity index (χ2n) is 13.7. The van der Waals surface area contributed by atoms with Gasteiger partial charge in [-0.15, -0.1) is 0 Å². The number of anilines is 1. The summed E-state index contributed by atoms with van der Waals surface area (Å²) in [5.41, 5.74) is 4.70. The Balaban J connectivity index is 1.18. The number of hydrogen-bond donors (Lipinski definition) is 3. The predicted octanol–water partition coefficient (Wildman–Crippen LogP) is 6.56. The molecule has 1 fully saturated rings. The Bertz CT molecular complexity index is 1860. The predicted molar refractivity (Wildman–Crippen MR) is 193 cm³/mol. The van der Waals surface area contributed by atoms with E-state index in [2.05, 4.69) is 118 Å². The number of benzene rings is 3. The minimum absolute atomic E-state index is 0.0454. The quantitative estimate of drug-likeness (QED) is 0.172. The van der Waals surface area contributed by atoms with Gasteiger partial charge in [0.15, 0.2) is 0 Å². The maximum Gasteiger partial charge on any atom is 0.334 e. The van der Waals surface area contributed by atoms with Crippen LogP contribution in [-0.4, -0.2) is 63.8 Å². The number of nitrogens with zero attached hydrogens (tertiary/aromatic N) is 4. The zero-order chi connectivity index (χ0) is 35.4. The monoisotopic (exact) mass is 669 g/mol. The van der Waals surface area contributed by atoms with Gasteiger partial charge in [-0.25, -0.2) is 4.79 Å². The van der Waals surface area contributed by atoms with Gasteiger partial charge in [-0.05, 0) is 67.1 Å². The molecule has 0 bridgehead atoms. The number of nitriles is 1. The summed E-state index contributed by atoms with van der Waals surface area (Å²) in [7, 11) is 0. The highest BCUT2D eigenvalue weighted by Crippen LogP contribution is 2.46. The lowest BCUT2D eigenvalue weighted by Crippen LogP contribution is -2.58. The summed E-state index contributed by atoms with van der Waals surface area (Å²) < 4.78 is 0. The highest BCUT2D eigenvalue weighted by atomic mass is 16.4. The Hall–Kier alpha value is -5.46. The summed E-state index contributed by atoms with van der Waals surface area (Å²) in [5, 5.41) is 33.6. The third kappa shape index (κ3) is 6.98. The molecule has 1 aromatic heterocycles. The van der Waals surface area contributed by atoms with Crippen LogP contribution in [0.3, 0.4) is 0 Å². The molecule has 6 rings (SSSR count). The Kier molecular flexibility index (Phi) is 10.0. The lowest BCUT2D eigenvalue weighted by molar-refractivity contribution is -0.146. The van der Waals surface area contributed by atoms with E-state index < -0.39 is 29.3 Å². The van der Waals surface area contributed by atoms with Crippen LogP contribution in [0.2, 0.25) is 0 Å². The Morgan fingerprint density at radius 3 is 2.06 bits per heavy atom. The normalized spacial score (nSPS) is 21.7. The number of rotatable bonds is 10. The smallest absolute Gasteiger partial charge is 0.334 e. The van der Waals surface area contributed by atoms with Crippen LogP contribution in [0, 0.1) is 17.2 Å². The molecule has 50 heavy (non-hydrogen) atoms. The van der Waals surface area contributed by atoms with Crippen molar-refractivity contribution in [2.75, 3.05) is 31.1 Å². The number of allylic oxidation sites excluding steroid dienone is 1. The molecule has 3 N–H and O–H groups in total. The minimum atomic E-state index is -1.21. The molecule has 4 atom stereocenters. The third-order valence-electron chi connectivity index (χ3n) is 10.4. The zero-order valence-corrected chi connectivity index (χ0v) is 28.7. The molecule has 0 aliphatic carbocycles. The van der Waals surface area contributed by atoms with Gasteiger partial charge in [-0.2, -0.15) is 5.26 Å². The molecular weight excluding hydrogens is 626 g/mol. The van der Waals surface area contributed by atoms with Gasteiger partial charge in [-0.1, -0.05) is 79.7 Å². The average molecular weight is 670 g/mol. The van der Waals surface area contributed by atoms with Crippen molar-refractivity contribution in [3.63, 3.8) is 0 Å².